The van der Waals surface area contributed by atoms with E-state index in [1.54, 1.807) is 24.4 Å². The molecule has 1 aliphatic rings. The molecule has 1 fully saturated rings. The summed E-state index contributed by atoms with van der Waals surface area (Å²) >= 11 is 0. The molecule has 3 N–H and O–H groups in total. The Morgan fingerprint density at radius 3 is 2.31 bits per heavy atom. The van der Waals surface area contributed by atoms with Crippen LogP contribution in [-0.4, -0.2) is 57.8 Å². The number of nitro benzene ring substituents is 1. The Labute approximate surface area is 309 Å². The number of aryl methyl sites for hydroxylation is 1. The molecule has 0 saturated carbocycles. The third kappa shape index (κ3) is 13.9. The number of nitrogens with zero attached hydrogens (tertiary/aromatic N) is 5. The lowest BCUT2D eigenvalue weighted by molar-refractivity contribution is -0.384. The first kappa shape index (κ1) is 43.1. The number of nitro groups is 1. The minimum absolute atomic E-state index is 0.0906. The summed E-state index contributed by atoms with van der Waals surface area (Å²) in [5.41, 5.74) is 2.04. The van der Waals surface area contributed by atoms with Crippen LogP contribution in [0.15, 0.2) is 53.5 Å². The fourth-order valence-corrected chi connectivity index (χ4v) is 5.04. The van der Waals surface area contributed by atoms with Crippen LogP contribution in [0.25, 0.3) is 0 Å². The molecule has 284 valence electrons. The van der Waals surface area contributed by atoms with Gasteiger partial charge >= 0.3 is 6.09 Å². The van der Waals surface area contributed by atoms with Crippen molar-refractivity contribution in [1.29, 1.82) is 0 Å². The topological polar surface area (TPSA) is 164 Å². The van der Waals surface area contributed by atoms with Gasteiger partial charge in [0.2, 0.25) is 5.95 Å². The predicted molar refractivity (Wildman–Crippen MR) is 212 cm³/mol. The zero-order valence-electron chi connectivity index (χ0n) is 32.7. The van der Waals surface area contributed by atoms with Crippen LogP contribution in [0, 0.1) is 28.9 Å². The molecular formula is C39H58N8O5. The van der Waals surface area contributed by atoms with Crippen molar-refractivity contribution >= 4 is 52.7 Å². The molecular weight excluding hydrogens is 660 g/mol. The smallest absolute Gasteiger partial charge is 0.407 e. The highest BCUT2D eigenvalue weighted by Gasteiger charge is 2.26. The van der Waals surface area contributed by atoms with Gasteiger partial charge in [0.25, 0.3) is 11.6 Å². The molecule has 2 heterocycles. The standard InChI is InChI=1S/C30H36N8O5.C7H16.C2H6/c1-6-31-25-19(2)32-28(37-16-8-11-23(18-37)35-29(40)43-30(3,4)5)36-26(25)33-21-9-7-10-22(17-21)34-27(39)20-12-14-24(15-13-20)38(41)42;1-5-7(4)6(2)3;1-2/h6-7,9-10,12-15,17,23H,8,11,16,18H2,1-5H3,(H,34,39)(H,35,40)(H,32,33,36);6-7H,5H2,1-4H3;1-2H3. The van der Waals surface area contributed by atoms with Gasteiger partial charge in [0.05, 0.1) is 10.6 Å². The van der Waals surface area contributed by atoms with E-state index in [-0.39, 0.29) is 11.7 Å². The highest BCUT2D eigenvalue weighted by atomic mass is 16.6. The number of carbonyl (C=O) groups is 2. The van der Waals surface area contributed by atoms with Crippen LogP contribution in [0.2, 0.25) is 0 Å². The largest absolute Gasteiger partial charge is 0.444 e. The average molecular weight is 719 g/mol. The maximum absolute atomic E-state index is 12.7. The second kappa shape index (κ2) is 20.7. The molecule has 2 amide bonds. The number of hydrogen-bond donors (Lipinski definition) is 3. The quantitative estimate of drug-likeness (QED) is 0.105. The van der Waals surface area contributed by atoms with Crippen molar-refractivity contribution < 1.29 is 19.2 Å². The Morgan fingerprint density at radius 1 is 1.10 bits per heavy atom. The van der Waals surface area contributed by atoms with Gasteiger partial charge in [-0.15, -0.1) is 0 Å². The second-order valence-electron chi connectivity index (χ2n) is 13.7. The molecule has 0 radical (unpaired) electrons. The van der Waals surface area contributed by atoms with Gasteiger partial charge < -0.3 is 25.6 Å². The van der Waals surface area contributed by atoms with Crippen LogP contribution in [0.3, 0.4) is 0 Å². The molecule has 2 unspecified atom stereocenters. The fraction of sp³-hybridized carbons (Fsp3) is 0.513. The summed E-state index contributed by atoms with van der Waals surface area (Å²) in [6.07, 6.45) is 4.19. The summed E-state index contributed by atoms with van der Waals surface area (Å²) < 4.78 is 5.42. The molecule has 0 bridgehead atoms. The summed E-state index contributed by atoms with van der Waals surface area (Å²) in [6, 6.07) is 12.4. The maximum Gasteiger partial charge on any atom is 0.407 e. The van der Waals surface area contributed by atoms with Gasteiger partial charge in [-0.25, -0.2) is 9.78 Å². The monoisotopic (exact) mass is 718 g/mol. The number of hydrogen-bond acceptors (Lipinski definition) is 10. The lowest BCUT2D eigenvalue weighted by atomic mass is 9.96. The van der Waals surface area contributed by atoms with E-state index >= 15 is 0 Å². The van der Waals surface area contributed by atoms with E-state index < -0.39 is 22.5 Å². The number of alkyl carbamates (subject to hydrolysis) is 1. The van der Waals surface area contributed by atoms with Gasteiger partial charge in [0.15, 0.2) is 5.82 Å². The lowest BCUT2D eigenvalue weighted by Gasteiger charge is -2.34. The van der Waals surface area contributed by atoms with Gasteiger partial charge in [0.1, 0.15) is 11.3 Å². The van der Waals surface area contributed by atoms with Crippen LogP contribution in [0.1, 0.15) is 105 Å². The Balaban J connectivity index is 0.000000930. The molecule has 13 nitrogen and oxygen atoms in total. The molecule has 1 saturated heterocycles. The highest BCUT2D eigenvalue weighted by molar-refractivity contribution is 6.04. The van der Waals surface area contributed by atoms with Crippen molar-refractivity contribution in [3.8, 4) is 0 Å². The normalized spacial score (nSPS) is 14.7. The molecule has 2 atom stereocenters. The molecule has 1 aromatic heterocycles. The second-order valence-corrected chi connectivity index (χ2v) is 13.7. The third-order valence-corrected chi connectivity index (χ3v) is 8.24. The van der Waals surface area contributed by atoms with E-state index in [1.165, 1.54) is 30.7 Å². The number of carbonyl (C=O) groups excluding carboxylic acids is 2. The molecule has 2 aromatic carbocycles. The predicted octanol–water partition coefficient (Wildman–Crippen LogP) is 9.62. The first-order valence-electron chi connectivity index (χ1n) is 18.1. The molecule has 1 aliphatic heterocycles. The first-order valence-corrected chi connectivity index (χ1v) is 18.1. The Kier molecular flexibility index (Phi) is 17.2. The Bertz CT molecular complexity index is 1640. The van der Waals surface area contributed by atoms with Crippen LogP contribution in [-0.2, 0) is 4.74 Å². The zero-order chi connectivity index (χ0) is 39.0. The molecule has 0 spiro atoms. The van der Waals surface area contributed by atoms with Crippen molar-refractivity contribution in [3.63, 3.8) is 0 Å². The van der Waals surface area contributed by atoms with E-state index in [0.717, 1.165) is 31.2 Å². The molecule has 13 heteroatoms. The number of nitrogens with one attached hydrogen (secondary N) is 3. The summed E-state index contributed by atoms with van der Waals surface area (Å²) in [7, 11) is 0. The van der Waals surface area contributed by atoms with Crippen LogP contribution in [0.5, 0.6) is 0 Å². The van der Waals surface area contributed by atoms with Crippen LogP contribution in [0.4, 0.5) is 39.3 Å². The van der Waals surface area contributed by atoms with Gasteiger partial charge in [-0.05, 0) is 89.6 Å². The van der Waals surface area contributed by atoms with E-state index in [1.807, 2.05) is 59.4 Å². The number of benzene rings is 2. The third-order valence-electron chi connectivity index (χ3n) is 8.24. The summed E-state index contributed by atoms with van der Waals surface area (Å²) in [5, 5.41) is 20.0. The highest BCUT2D eigenvalue weighted by Crippen LogP contribution is 2.32. The van der Waals surface area contributed by atoms with Gasteiger partial charge in [-0.3, -0.25) is 19.9 Å². The van der Waals surface area contributed by atoms with Gasteiger partial charge in [0, 0.05) is 54.4 Å². The Hall–Kier alpha value is -5.07. The first-order chi connectivity index (χ1) is 24.6. The average Bonchev–Trinajstić information content (AvgIpc) is 3.09. The summed E-state index contributed by atoms with van der Waals surface area (Å²) in [6.45, 7) is 23.5. The lowest BCUT2D eigenvalue weighted by Crippen LogP contribution is -2.49. The number of non-ortho nitro benzene ring substituents is 1. The minimum atomic E-state index is -0.584. The number of ether oxygens (including phenoxy) is 1. The summed E-state index contributed by atoms with van der Waals surface area (Å²) in [4.78, 5) is 51.5. The Morgan fingerprint density at radius 2 is 1.75 bits per heavy atom. The van der Waals surface area contributed by atoms with Crippen molar-refractivity contribution in [2.45, 2.75) is 107 Å². The van der Waals surface area contributed by atoms with E-state index in [4.69, 9.17) is 14.7 Å². The maximum atomic E-state index is 12.7. The van der Waals surface area contributed by atoms with E-state index in [2.05, 4.69) is 48.6 Å². The fourth-order valence-electron chi connectivity index (χ4n) is 5.04. The number of amides is 2. The molecule has 4 rings (SSSR count). The van der Waals surface area contributed by atoms with Crippen LogP contribution < -0.4 is 20.9 Å². The number of piperidine rings is 1. The molecule has 52 heavy (non-hydrogen) atoms. The van der Waals surface area contributed by atoms with Gasteiger partial charge in [-0.1, -0.05) is 54.0 Å². The van der Waals surface area contributed by atoms with Crippen molar-refractivity contribution in [3.05, 3.63) is 69.9 Å². The SMILES string of the molecule is CC.CC=Nc1c(C)nc(N2CCCC(NC(=O)OC(C)(C)C)C2)nc1Nc1cccc(NC(=O)c2ccc([N+](=O)[O-])cc2)c1.CCC(C)C(C)C. The van der Waals surface area contributed by atoms with Gasteiger partial charge in [-0.2, -0.15) is 4.98 Å². The minimum Gasteiger partial charge on any atom is -0.444 e. The number of aliphatic imine (C=N–C) groups is 1. The number of anilines is 4. The molecule has 0 aliphatic carbocycles. The van der Waals surface area contributed by atoms with E-state index in [0.29, 0.717) is 46.6 Å². The van der Waals surface area contributed by atoms with Crippen molar-refractivity contribution in [1.82, 2.24) is 15.3 Å². The van der Waals surface area contributed by atoms with Crippen molar-refractivity contribution in [2.24, 2.45) is 16.8 Å². The van der Waals surface area contributed by atoms with Crippen LogP contribution >= 0.6 is 0 Å². The number of rotatable bonds is 10. The summed E-state index contributed by atoms with van der Waals surface area (Å²) in [5.74, 6) is 2.36. The van der Waals surface area contributed by atoms with E-state index in [9.17, 15) is 19.7 Å². The van der Waals surface area contributed by atoms with Crippen molar-refractivity contribution in [2.75, 3.05) is 28.6 Å². The zero-order valence-corrected chi connectivity index (χ0v) is 32.7. The number of aromatic nitrogens is 2. The molecule has 3 aromatic rings.